The molecule has 0 saturated carbocycles. The third-order valence-electron chi connectivity index (χ3n) is 1.90. The molecule has 1 heterocycles. The van der Waals surface area contributed by atoms with Crippen LogP contribution in [0.1, 0.15) is 12.8 Å². The van der Waals surface area contributed by atoms with E-state index < -0.39 is 12.1 Å². The maximum atomic E-state index is 10.3. The molecule has 4 heteroatoms. The minimum Gasteiger partial charge on any atom is -0.479 e. The van der Waals surface area contributed by atoms with Crippen molar-refractivity contribution in [3.05, 3.63) is 0 Å². The second-order valence-electron chi connectivity index (χ2n) is 2.76. The number of aliphatic hydroxyl groups is 1. The number of thioether (sulfide) groups is 1. The van der Waals surface area contributed by atoms with E-state index >= 15 is 0 Å². The monoisotopic (exact) mass is 176 g/mol. The molecule has 3 nitrogen and oxygen atoms in total. The van der Waals surface area contributed by atoms with Crippen molar-refractivity contribution in [1.29, 1.82) is 0 Å². The predicted molar refractivity (Wildman–Crippen MR) is 43.7 cm³/mol. The Kier molecular flexibility index (Phi) is 3.20. The molecule has 0 radical (unpaired) electrons. The molecule has 2 atom stereocenters. The average molecular weight is 176 g/mol. The maximum Gasteiger partial charge on any atom is 0.332 e. The Balaban J connectivity index is 2.38. The normalized spacial score (nSPS) is 27.9. The Morgan fingerprint density at radius 2 is 2.36 bits per heavy atom. The minimum absolute atomic E-state index is 0.0359. The van der Waals surface area contributed by atoms with Gasteiger partial charge in [-0.05, 0) is 24.3 Å². The largest absolute Gasteiger partial charge is 0.479 e. The number of carbonyl (C=O) groups is 1. The lowest BCUT2D eigenvalue weighted by atomic mass is 9.99. The van der Waals surface area contributed by atoms with E-state index in [9.17, 15) is 4.79 Å². The Labute approximate surface area is 69.8 Å². The van der Waals surface area contributed by atoms with Gasteiger partial charge in [0.2, 0.25) is 0 Å². The number of aliphatic carboxylic acids is 1. The summed E-state index contributed by atoms with van der Waals surface area (Å²) in [7, 11) is 0. The third kappa shape index (κ3) is 2.38. The second-order valence-corrected chi connectivity index (χ2v) is 3.91. The number of aliphatic hydroxyl groups excluding tert-OH is 1. The summed E-state index contributed by atoms with van der Waals surface area (Å²) in [6, 6.07) is 0. The van der Waals surface area contributed by atoms with Crippen LogP contribution in [0, 0.1) is 5.92 Å². The molecule has 0 bridgehead atoms. The molecule has 1 fully saturated rings. The van der Waals surface area contributed by atoms with Crippen LogP contribution in [0.25, 0.3) is 0 Å². The van der Waals surface area contributed by atoms with Crippen LogP contribution in [-0.2, 0) is 4.79 Å². The van der Waals surface area contributed by atoms with Gasteiger partial charge in [0.25, 0.3) is 0 Å². The molecule has 1 saturated heterocycles. The summed E-state index contributed by atoms with van der Waals surface area (Å²) >= 11 is 1.73. The van der Waals surface area contributed by atoms with Gasteiger partial charge in [-0.2, -0.15) is 11.8 Å². The molecule has 0 aliphatic carbocycles. The molecule has 1 aliphatic rings. The summed E-state index contributed by atoms with van der Waals surface area (Å²) in [5.74, 6) is 0.764. The smallest absolute Gasteiger partial charge is 0.332 e. The summed E-state index contributed by atoms with van der Waals surface area (Å²) < 4.78 is 0. The van der Waals surface area contributed by atoms with Crippen LogP contribution in [0.3, 0.4) is 0 Å². The Morgan fingerprint density at radius 1 is 1.64 bits per heavy atom. The summed E-state index contributed by atoms with van der Waals surface area (Å²) in [4.78, 5) is 10.3. The Hall–Kier alpha value is -0.220. The van der Waals surface area contributed by atoms with Crippen LogP contribution in [0.2, 0.25) is 0 Å². The number of carboxylic acids is 1. The lowest BCUT2D eigenvalue weighted by molar-refractivity contribution is -0.149. The lowest BCUT2D eigenvalue weighted by Crippen LogP contribution is -2.32. The van der Waals surface area contributed by atoms with Gasteiger partial charge < -0.3 is 10.2 Å². The molecule has 0 spiro atoms. The van der Waals surface area contributed by atoms with E-state index in [0.29, 0.717) is 0 Å². The van der Waals surface area contributed by atoms with Gasteiger partial charge in [0.05, 0.1) is 0 Å². The van der Waals surface area contributed by atoms with Crippen LogP contribution in [0.15, 0.2) is 0 Å². The molecule has 64 valence electrons. The molecule has 0 amide bonds. The zero-order valence-electron chi connectivity index (χ0n) is 6.19. The average Bonchev–Trinajstić information content (AvgIpc) is 2.05. The first-order valence-electron chi connectivity index (χ1n) is 3.70. The first-order valence-corrected chi connectivity index (χ1v) is 4.86. The highest BCUT2D eigenvalue weighted by Gasteiger charge is 2.26. The van der Waals surface area contributed by atoms with Gasteiger partial charge in [-0.25, -0.2) is 4.79 Å². The van der Waals surface area contributed by atoms with Gasteiger partial charge in [0, 0.05) is 5.92 Å². The topological polar surface area (TPSA) is 57.5 Å². The highest BCUT2D eigenvalue weighted by molar-refractivity contribution is 7.99. The van der Waals surface area contributed by atoms with E-state index in [1.807, 2.05) is 0 Å². The van der Waals surface area contributed by atoms with Crippen molar-refractivity contribution >= 4 is 17.7 Å². The fraction of sp³-hybridized carbons (Fsp3) is 0.857. The molecule has 0 aromatic rings. The fourth-order valence-electron chi connectivity index (χ4n) is 1.22. The Morgan fingerprint density at radius 3 is 2.82 bits per heavy atom. The van der Waals surface area contributed by atoms with E-state index in [0.717, 1.165) is 24.3 Å². The molecule has 0 aromatic carbocycles. The van der Waals surface area contributed by atoms with Crippen molar-refractivity contribution in [1.82, 2.24) is 0 Å². The maximum absolute atomic E-state index is 10.3. The van der Waals surface area contributed by atoms with Crippen LogP contribution in [0.4, 0.5) is 0 Å². The number of rotatable bonds is 2. The highest BCUT2D eigenvalue weighted by Crippen LogP contribution is 2.25. The molecule has 2 N–H and O–H groups in total. The van der Waals surface area contributed by atoms with Gasteiger partial charge in [-0.3, -0.25) is 0 Å². The van der Waals surface area contributed by atoms with Crippen molar-refractivity contribution < 1.29 is 15.0 Å². The van der Waals surface area contributed by atoms with E-state index in [2.05, 4.69) is 0 Å². The minimum atomic E-state index is -1.15. The van der Waals surface area contributed by atoms with Crippen molar-refractivity contribution in [3.8, 4) is 0 Å². The van der Waals surface area contributed by atoms with Gasteiger partial charge in [-0.1, -0.05) is 0 Å². The van der Waals surface area contributed by atoms with Gasteiger partial charge in [0.15, 0.2) is 6.10 Å². The third-order valence-corrected chi connectivity index (χ3v) is 3.14. The summed E-state index contributed by atoms with van der Waals surface area (Å²) in [6.07, 6.45) is 0.725. The van der Waals surface area contributed by atoms with Crippen LogP contribution in [0.5, 0.6) is 0 Å². The molecule has 11 heavy (non-hydrogen) atoms. The molecule has 0 aromatic heterocycles. The van der Waals surface area contributed by atoms with Gasteiger partial charge >= 0.3 is 5.97 Å². The van der Waals surface area contributed by atoms with E-state index in [1.165, 1.54) is 0 Å². The summed E-state index contributed by atoms with van der Waals surface area (Å²) in [5.41, 5.74) is 0. The fourth-order valence-corrected chi connectivity index (χ4v) is 2.41. The van der Waals surface area contributed by atoms with Crippen LogP contribution in [-0.4, -0.2) is 33.8 Å². The van der Waals surface area contributed by atoms with Crippen molar-refractivity contribution in [2.75, 3.05) is 11.5 Å². The second kappa shape index (κ2) is 3.97. The van der Waals surface area contributed by atoms with E-state index in [4.69, 9.17) is 10.2 Å². The van der Waals surface area contributed by atoms with Crippen molar-refractivity contribution in [2.24, 2.45) is 5.92 Å². The number of carboxylic acid groups (broad SMARTS) is 1. The lowest BCUT2D eigenvalue weighted by Gasteiger charge is -2.23. The zero-order chi connectivity index (χ0) is 8.27. The predicted octanol–water partition coefficient (Wildman–Crippen LogP) is 0.575. The van der Waals surface area contributed by atoms with Gasteiger partial charge in [0.1, 0.15) is 0 Å². The van der Waals surface area contributed by atoms with E-state index in [1.54, 1.807) is 11.8 Å². The zero-order valence-corrected chi connectivity index (χ0v) is 7.01. The molecule has 2 unspecified atom stereocenters. The van der Waals surface area contributed by atoms with Crippen molar-refractivity contribution in [2.45, 2.75) is 18.9 Å². The number of hydrogen-bond acceptors (Lipinski definition) is 3. The van der Waals surface area contributed by atoms with E-state index in [-0.39, 0.29) is 5.92 Å². The van der Waals surface area contributed by atoms with Crippen molar-refractivity contribution in [3.63, 3.8) is 0 Å². The SMILES string of the molecule is O=C(O)C(O)C1CCCSC1. The molecule has 1 rings (SSSR count). The van der Waals surface area contributed by atoms with Crippen LogP contribution >= 0.6 is 11.8 Å². The molecular formula is C7H12O3S. The first kappa shape index (κ1) is 8.87. The highest BCUT2D eigenvalue weighted by atomic mass is 32.2. The molecule has 1 aliphatic heterocycles. The number of hydrogen-bond donors (Lipinski definition) is 2. The van der Waals surface area contributed by atoms with Gasteiger partial charge in [-0.15, -0.1) is 0 Å². The standard InChI is InChI=1S/C7H12O3S/c8-6(7(9)10)5-2-1-3-11-4-5/h5-6,8H,1-4H2,(H,9,10). The Bertz CT molecular complexity index is 143. The molecular weight excluding hydrogens is 164 g/mol. The quantitative estimate of drug-likeness (QED) is 0.646. The van der Waals surface area contributed by atoms with Crippen LogP contribution < -0.4 is 0 Å². The first-order chi connectivity index (χ1) is 5.22. The summed E-state index contributed by atoms with van der Waals surface area (Å²) in [6.45, 7) is 0. The summed E-state index contributed by atoms with van der Waals surface area (Å²) in [5, 5.41) is 17.6.